The van der Waals surface area contributed by atoms with Gasteiger partial charge in [-0.1, -0.05) is 6.92 Å². The topological polar surface area (TPSA) is 47.3 Å². The van der Waals surface area contributed by atoms with Gasteiger partial charge in [0.25, 0.3) is 0 Å². The minimum absolute atomic E-state index is 0.277. The summed E-state index contributed by atoms with van der Waals surface area (Å²) >= 11 is 1.92. The molecule has 0 aromatic carbocycles. The minimum atomic E-state index is 0.277. The van der Waals surface area contributed by atoms with Crippen molar-refractivity contribution in [1.29, 1.82) is 0 Å². The van der Waals surface area contributed by atoms with Gasteiger partial charge in [-0.15, -0.1) is 0 Å². The normalized spacial score (nSPS) is 13.6. The van der Waals surface area contributed by atoms with E-state index < -0.39 is 0 Å². The first kappa shape index (κ1) is 13.2. The lowest BCUT2D eigenvalue weighted by Gasteiger charge is -2.17. The molecular weight excluding hydrogens is 184 g/mol. The molecule has 0 bridgehead atoms. The zero-order chi connectivity index (χ0) is 10.1. The molecule has 0 spiro atoms. The Bertz CT molecular complexity index is 112. The summed E-state index contributed by atoms with van der Waals surface area (Å²) < 4.78 is 5.47. The second-order valence-corrected chi connectivity index (χ2v) is 4.47. The van der Waals surface area contributed by atoms with E-state index in [1.807, 2.05) is 25.6 Å². The van der Waals surface area contributed by atoms with Crippen molar-refractivity contribution in [2.75, 3.05) is 18.1 Å². The molecule has 4 heteroatoms. The molecule has 0 aromatic heterocycles. The molecule has 3 nitrogen and oxygen atoms in total. The summed E-state index contributed by atoms with van der Waals surface area (Å²) in [6, 6.07) is 0.277. The van der Waals surface area contributed by atoms with Crippen LogP contribution >= 0.6 is 11.8 Å². The molecule has 1 unspecified atom stereocenters. The maximum absolute atomic E-state index is 5.47. The van der Waals surface area contributed by atoms with Gasteiger partial charge in [0.05, 0.1) is 18.8 Å². The van der Waals surface area contributed by atoms with Gasteiger partial charge in [0.1, 0.15) is 0 Å². The van der Waals surface area contributed by atoms with Gasteiger partial charge in [-0.3, -0.25) is 11.3 Å². The smallest absolute Gasteiger partial charge is 0.0644 e. The summed E-state index contributed by atoms with van der Waals surface area (Å²) in [7, 11) is 0. The molecule has 1 atom stereocenters. The average molecular weight is 206 g/mol. The predicted molar refractivity (Wildman–Crippen MR) is 59.8 cm³/mol. The van der Waals surface area contributed by atoms with Gasteiger partial charge in [-0.25, -0.2) is 0 Å². The third-order valence-corrected chi connectivity index (χ3v) is 2.87. The molecule has 0 aliphatic rings. The van der Waals surface area contributed by atoms with Crippen molar-refractivity contribution in [2.24, 2.45) is 5.84 Å². The van der Waals surface area contributed by atoms with Crippen molar-refractivity contribution in [3.05, 3.63) is 0 Å². The van der Waals surface area contributed by atoms with Crippen LogP contribution in [0.1, 0.15) is 27.2 Å². The lowest BCUT2D eigenvalue weighted by Crippen LogP contribution is -2.41. The Morgan fingerprint density at radius 2 is 2.15 bits per heavy atom. The van der Waals surface area contributed by atoms with Crippen LogP contribution < -0.4 is 11.3 Å². The number of ether oxygens (including phenoxy) is 1. The summed E-state index contributed by atoms with van der Waals surface area (Å²) in [5, 5.41) is 0. The van der Waals surface area contributed by atoms with E-state index in [1.54, 1.807) is 0 Å². The van der Waals surface area contributed by atoms with E-state index in [0.29, 0.717) is 6.61 Å². The molecule has 80 valence electrons. The Morgan fingerprint density at radius 1 is 1.46 bits per heavy atom. The van der Waals surface area contributed by atoms with E-state index in [4.69, 9.17) is 10.6 Å². The summed E-state index contributed by atoms with van der Waals surface area (Å²) in [4.78, 5) is 0. The molecule has 0 aliphatic heterocycles. The summed E-state index contributed by atoms with van der Waals surface area (Å²) in [6.45, 7) is 6.95. The van der Waals surface area contributed by atoms with Crippen molar-refractivity contribution >= 4 is 11.8 Å². The largest absolute Gasteiger partial charge is 0.377 e. The van der Waals surface area contributed by atoms with E-state index in [-0.39, 0.29) is 12.1 Å². The van der Waals surface area contributed by atoms with Gasteiger partial charge < -0.3 is 4.74 Å². The highest BCUT2D eigenvalue weighted by Crippen LogP contribution is 2.05. The van der Waals surface area contributed by atoms with Crippen molar-refractivity contribution < 1.29 is 4.74 Å². The SMILES string of the molecule is CCCSCC(COC(C)C)NN. The highest BCUT2D eigenvalue weighted by Gasteiger charge is 2.07. The maximum atomic E-state index is 5.47. The van der Waals surface area contributed by atoms with Crippen molar-refractivity contribution in [2.45, 2.75) is 39.3 Å². The first-order valence-corrected chi connectivity index (χ1v) is 6.01. The van der Waals surface area contributed by atoms with Crippen molar-refractivity contribution in [1.82, 2.24) is 5.43 Å². The second-order valence-electron chi connectivity index (χ2n) is 3.32. The van der Waals surface area contributed by atoms with Crippen LogP contribution in [0.15, 0.2) is 0 Å². The average Bonchev–Trinajstić information content (AvgIpc) is 2.10. The Balaban J connectivity index is 3.39. The molecule has 0 saturated heterocycles. The highest BCUT2D eigenvalue weighted by atomic mass is 32.2. The quantitative estimate of drug-likeness (QED) is 0.358. The lowest BCUT2D eigenvalue weighted by atomic mass is 10.4. The Morgan fingerprint density at radius 3 is 2.62 bits per heavy atom. The molecule has 0 amide bonds. The van der Waals surface area contributed by atoms with Gasteiger partial charge in [0, 0.05) is 5.75 Å². The standard InChI is InChI=1S/C9H22N2OS/c1-4-5-13-7-9(11-10)6-12-8(2)3/h8-9,11H,4-7,10H2,1-3H3. The van der Waals surface area contributed by atoms with Gasteiger partial charge in [0.15, 0.2) is 0 Å². The molecule has 3 N–H and O–H groups in total. The zero-order valence-corrected chi connectivity index (χ0v) is 9.69. The van der Waals surface area contributed by atoms with Gasteiger partial charge in [0.2, 0.25) is 0 Å². The van der Waals surface area contributed by atoms with Crippen LogP contribution in [-0.4, -0.2) is 30.3 Å². The third kappa shape index (κ3) is 8.56. The maximum Gasteiger partial charge on any atom is 0.0644 e. The van der Waals surface area contributed by atoms with Crippen molar-refractivity contribution in [3.63, 3.8) is 0 Å². The fraction of sp³-hybridized carbons (Fsp3) is 1.00. The van der Waals surface area contributed by atoms with Crippen LogP contribution in [0.4, 0.5) is 0 Å². The van der Waals surface area contributed by atoms with Crippen LogP contribution in [0.3, 0.4) is 0 Å². The van der Waals surface area contributed by atoms with E-state index >= 15 is 0 Å². The second kappa shape index (κ2) is 8.81. The van der Waals surface area contributed by atoms with E-state index in [9.17, 15) is 0 Å². The van der Waals surface area contributed by atoms with E-state index in [2.05, 4.69) is 12.3 Å². The molecule has 0 aromatic rings. The summed E-state index contributed by atoms with van der Waals surface area (Å²) in [6.07, 6.45) is 1.50. The van der Waals surface area contributed by atoms with Gasteiger partial charge >= 0.3 is 0 Å². The van der Waals surface area contributed by atoms with Crippen LogP contribution in [0, 0.1) is 0 Å². The van der Waals surface area contributed by atoms with Gasteiger partial charge in [-0.05, 0) is 26.0 Å². The molecule has 0 aliphatic carbocycles. The first-order chi connectivity index (χ1) is 6.20. The zero-order valence-electron chi connectivity index (χ0n) is 8.88. The number of nitrogens with two attached hydrogens (primary N) is 1. The van der Waals surface area contributed by atoms with Crippen LogP contribution in [-0.2, 0) is 4.74 Å². The molecule has 0 rings (SSSR count). The van der Waals surface area contributed by atoms with Gasteiger partial charge in [-0.2, -0.15) is 11.8 Å². The van der Waals surface area contributed by atoms with Crippen LogP contribution in [0.5, 0.6) is 0 Å². The summed E-state index contributed by atoms with van der Waals surface area (Å²) in [5.41, 5.74) is 2.77. The number of rotatable bonds is 8. The number of nitrogens with one attached hydrogen (secondary N) is 1. The minimum Gasteiger partial charge on any atom is -0.377 e. The molecule has 0 fully saturated rings. The molecular formula is C9H22N2OS. The third-order valence-electron chi connectivity index (χ3n) is 1.53. The highest BCUT2D eigenvalue weighted by molar-refractivity contribution is 7.99. The predicted octanol–water partition coefficient (Wildman–Crippen LogP) is 1.39. The van der Waals surface area contributed by atoms with Crippen molar-refractivity contribution in [3.8, 4) is 0 Å². The van der Waals surface area contributed by atoms with E-state index in [1.165, 1.54) is 12.2 Å². The number of thioether (sulfide) groups is 1. The first-order valence-electron chi connectivity index (χ1n) is 4.86. The fourth-order valence-corrected chi connectivity index (χ4v) is 1.76. The molecule has 13 heavy (non-hydrogen) atoms. The monoisotopic (exact) mass is 206 g/mol. The van der Waals surface area contributed by atoms with E-state index in [0.717, 1.165) is 5.75 Å². The Kier molecular flexibility index (Phi) is 8.97. The molecule has 0 heterocycles. The number of hydrazine groups is 1. The molecule has 0 radical (unpaired) electrons. The summed E-state index contributed by atoms with van der Waals surface area (Å²) in [5.74, 6) is 7.62. The number of hydrogen-bond donors (Lipinski definition) is 2. The Hall–Kier alpha value is 0.230. The fourth-order valence-electron chi connectivity index (χ4n) is 0.823. The molecule has 0 saturated carbocycles. The lowest BCUT2D eigenvalue weighted by molar-refractivity contribution is 0.0655. The number of hydrogen-bond acceptors (Lipinski definition) is 4. The van der Waals surface area contributed by atoms with Crippen LogP contribution in [0.2, 0.25) is 0 Å². The Labute approximate surface area is 85.8 Å². The van der Waals surface area contributed by atoms with Crippen LogP contribution in [0.25, 0.3) is 0 Å².